The number of allylic oxidation sites excluding steroid dienone is 2. The van der Waals surface area contributed by atoms with Crippen molar-refractivity contribution in [3.63, 3.8) is 0 Å². The van der Waals surface area contributed by atoms with Gasteiger partial charge in [0.05, 0.1) is 18.8 Å². The number of amides is 1. The van der Waals surface area contributed by atoms with Crippen molar-refractivity contribution >= 4 is 5.91 Å². The molecular formula is C60H119NO4. The second-order valence-electron chi connectivity index (χ2n) is 20.9. The van der Waals surface area contributed by atoms with Gasteiger partial charge in [0.25, 0.3) is 0 Å². The minimum absolute atomic E-state index is 0.137. The average Bonchev–Trinajstić information content (AvgIpc) is 3.31. The Bertz CT molecular complexity index is 925. The van der Waals surface area contributed by atoms with Crippen LogP contribution in [-0.2, 0) is 4.79 Å². The minimum Gasteiger partial charge on any atom is -0.394 e. The van der Waals surface area contributed by atoms with E-state index < -0.39 is 18.2 Å². The van der Waals surface area contributed by atoms with Crippen LogP contribution in [0.3, 0.4) is 0 Å². The lowest BCUT2D eigenvalue weighted by Crippen LogP contribution is -2.50. The molecule has 0 aliphatic carbocycles. The van der Waals surface area contributed by atoms with Gasteiger partial charge in [0.15, 0.2) is 0 Å². The minimum atomic E-state index is -1.13. The first kappa shape index (κ1) is 64.1. The Kier molecular flexibility index (Phi) is 54.9. The van der Waals surface area contributed by atoms with Gasteiger partial charge in [-0.25, -0.2) is 0 Å². The number of carbonyl (C=O) groups excluding carboxylic acids is 1. The van der Waals surface area contributed by atoms with Crippen LogP contribution in [0.15, 0.2) is 12.2 Å². The summed E-state index contributed by atoms with van der Waals surface area (Å²) in [6.07, 6.45) is 69.5. The van der Waals surface area contributed by atoms with Gasteiger partial charge in [-0.3, -0.25) is 4.79 Å². The van der Waals surface area contributed by atoms with Gasteiger partial charge >= 0.3 is 0 Å². The molecule has 1 amide bonds. The number of aliphatic hydroxyl groups is 3. The zero-order valence-electron chi connectivity index (χ0n) is 44.4. The molecule has 3 unspecified atom stereocenters. The number of hydrogen-bond acceptors (Lipinski definition) is 4. The predicted molar refractivity (Wildman–Crippen MR) is 287 cm³/mol. The monoisotopic (exact) mass is 918 g/mol. The summed E-state index contributed by atoms with van der Waals surface area (Å²) >= 11 is 0. The van der Waals surface area contributed by atoms with E-state index in [0.717, 1.165) is 32.1 Å². The molecule has 0 rings (SSSR count). The molecule has 0 fully saturated rings. The Morgan fingerprint density at radius 3 is 0.892 bits per heavy atom. The van der Waals surface area contributed by atoms with Crippen LogP contribution < -0.4 is 5.32 Å². The SMILES string of the molecule is CCCCCCCCCCCCCC/C=C\CCCCCCCCCCCCCCCCCCC(=O)NC(CO)C(O)C(O)CCCCCCCCCCCCCCCCCCCCC. The van der Waals surface area contributed by atoms with E-state index in [0.29, 0.717) is 12.8 Å². The zero-order valence-corrected chi connectivity index (χ0v) is 44.4. The molecule has 0 radical (unpaired) electrons. The van der Waals surface area contributed by atoms with Crippen molar-refractivity contribution < 1.29 is 20.1 Å². The molecule has 0 saturated carbocycles. The van der Waals surface area contributed by atoms with Gasteiger partial charge < -0.3 is 20.6 Å². The molecule has 0 aliphatic rings. The summed E-state index contributed by atoms with van der Waals surface area (Å²) in [6, 6.07) is -0.806. The topological polar surface area (TPSA) is 89.8 Å². The van der Waals surface area contributed by atoms with Crippen LogP contribution >= 0.6 is 0 Å². The number of unbranched alkanes of at least 4 members (excludes halogenated alkanes) is 46. The molecule has 4 N–H and O–H groups in total. The zero-order chi connectivity index (χ0) is 47.2. The lowest BCUT2D eigenvalue weighted by molar-refractivity contribution is -0.124. The van der Waals surface area contributed by atoms with E-state index in [9.17, 15) is 20.1 Å². The Balaban J connectivity index is 3.47. The van der Waals surface area contributed by atoms with Crippen molar-refractivity contribution in [2.45, 2.75) is 360 Å². The van der Waals surface area contributed by atoms with Crippen LogP contribution in [0.25, 0.3) is 0 Å². The van der Waals surface area contributed by atoms with Crippen LogP contribution in [0.5, 0.6) is 0 Å². The first-order valence-electron chi connectivity index (χ1n) is 30.0. The van der Waals surface area contributed by atoms with Gasteiger partial charge in [-0.15, -0.1) is 0 Å². The summed E-state index contributed by atoms with van der Waals surface area (Å²) in [6.45, 7) is 4.22. The standard InChI is InChI=1S/C60H119NO4/c1-3-5-7-9-11-13-15-17-19-21-23-24-25-26-27-28-29-30-31-32-33-34-35-37-39-41-43-45-47-49-51-53-55-59(64)61-57(56-62)60(65)58(63)54-52-50-48-46-44-42-40-38-36-22-20-18-16-14-12-10-8-6-4-2/h26-27,57-58,60,62-63,65H,3-25,28-56H2,1-2H3,(H,61,64)/b27-26-. The normalized spacial score (nSPS) is 13.2. The van der Waals surface area contributed by atoms with E-state index >= 15 is 0 Å². The molecule has 388 valence electrons. The summed E-state index contributed by atoms with van der Waals surface area (Å²) < 4.78 is 0. The second-order valence-corrected chi connectivity index (χ2v) is 20.9. The largest absolute Gasteiger partial charge is 0.394 e. The molecule has 0 aromatic heterocycles. The molecule has 5 nitrogen and oxygen atoms in total. The van der Waals surface area contributed by atoms with Crippen molar-refractivity contribution in [2.75, 3.05) is 6.61 Å². The van der Waals surface area contributed by atoms with Gasteiger partial charge in [-0.05, 0) is 38.5 Å². The van der Waals surface area contributed by atoms with Gasteiger partial charge in [0.1, 0.15) is 6.10 Å². The first-order chi connectivity index (χ1) is 32.1. The number of rotatable bonds is 56. The molecule has 0 aromatic rings. The maximum absolute atomic E-state index is 12.5. The molecule has 0 saturated heterocycles. The predicted octanol–water partition coefficient (Wildman–Crippen LogP) is 18.7. The van der Waals surface area contributed by atoms with Crippen molar-refractivity contribution in [3.05, 3.63) is 12.2 Å². The van der Waals surface area contributed by atoms with Crippen LogP contribution in [0.4, 0.5) is 0 Å². The van der Waals surface area contributed by atoms with Crippen LogP contribution in [0.2, 0.25) is 0 Å². The summed E-state index contributed by atoms with van der Waals surface area (Å²) in [5, 5.41) is 33.8. The van der Waals surface area contributed by atoms with E-state index in [1.165, 1.54) is 283 Å². The molecule has 0 heterocycles. The highest BCUT2D eigenvalue weighted by molar-refractivity contribution is 5.76. The summed E-state index contributed by atoms with van der Waals surface area (Å²) in [5.74, 6) is -0.137. The van der Waals surface area contributed by atoms with E-state index in [-0.39, 0.29) is 12.5 Å². The van der Waals surface area contributed by atoms with Gasteiger partial charge in [0, 0.05) is 6.42 Å². The molecule has 5 heteroatoms. The van der Waals surface area contributed by atoms with E-state index in [1.807, 2.05) is 0 Å². The van der Waals surface area contributed by atoms with Crippen molar-refractivity contribution in [1.82, 2.24) is 5.32 Å². The van der Waals surface area contributed by atoms with Crippen molar-refractivity contribution in [2.24, 2.45) is 0 Å². The molecule has 3 atom stereocenters. The molecule has 0 bridgehead atoms. The van der Waals surface area contributed by atoms with Crippen LogP contribution in [0.1, 0.15) is 341 Å². The van der Waals surface area contributed by atoms with Gasteiger partial charge in [0.2, 0.25) is 5.91 Å². The number of hydrogen-bond donors (Lipinski definition) is 4. The van der Waals surface area contributed by atoms with E-state index in [1.54, 1.807) is 0 Å². The van der Waals surface area contributed by atoms with E-state index in [2.05, 4.69) is 31.3 Å². The Morgan fingerprint density at radius 1 is 0.369 bits per heavy atom. The fourth-order valence-corrected chi connectivity index (χ4v) is 9.75. The molecule has 0 aromatic carbocycles. The highest BCUT2D eigenvalue weighted by atomic mass is 16.3. The second kappa shape index (κ2) is 55.7. The fraction of sp³-hybridized carbons (Fsp3) is 0.950. The van der Waals surface area contributed by atoms with Gasteiger partial charge in [-0.2, -0.15) is 0 Å². The maximum Gasteiger partial charge on any atom is 0.220 e. The highest BCUT2D eigenvalue weighted by Gasteiger charge is 2.26. The maximum atomic E-state index is 12.5. The molecule has 0 spiro atoms. The fourth-order valence-electron chi connectivity index (χ4n) is 9.75. The lowest BCUT2D eigenvalue weighted by Gasteiger charge is -2.26. The average molecular weight is 919 g/mol. The summed E-state index contributed by atoms with van der Waals surface area (Å²) in [4.78, 5) is 12.5. The quantitative estimate of drug-likeness (QED) is 0.0361. The molecule has 65 heavy (non-hydrogen) atoms. The summed E-state index contributed by atoms with van der Waals surface area (Å²) in [7, 11) is 0. The third-order valence-electron chi connectivity index (χ3n) is 14.4. The van der Waals surface area contributed by atoms with Gasteiger partial charge in [-0.1, -0.05) is 309 Å². The third-order valence-corrected chi connectivity index (χ3v) is 14.4. The van der Waals surface area contributed by atoms with Crippen molar-refractivity contribution in [1.29, 1.82) is 0 Å². The Hall–Kier alpha value is -0.910. The Morgan fingerprint density at radius 2 is 0.615 bits per heavy atom. The smallest absolute Gasteiger partial charge is 0.220 e. The van der Waals surface area contributed by atoms with Crippen LogP contribution in [0, 0.1) is 0 Å². The molecule has 0 aliphatic heterocycles. The van der Waals surface area contributed by atoms with Crippen LogP contribution in [-0.4, -0.2) is 46.1 Å². The third kappa shape index (κ3) is 50.8. The Labute approximate surface area is 408 Å². The molecular weight excluding hydrogens is 799 g/mol. The van der Waals surface area contributed by atoms with Crippen molar-refractivity contribution in [3.8, 4) is 0 Å². The lowest BCUT2D eigenvalue weighted by atomic mass is 9.99. The highest BCUT2D eigenvalue weighted by Crippen LogP contribution is 2.18. The first-order valence-corrected chi connectivity index (χ1v) is 30.0. The number of carbonyl (C=O) groups is 1. The van der Waals surface area contributed by atoms with E-state index in [4.69, 9.17) is 0 Å². The summed E-state index contributed by atoms with van der Waals surface area (Å²) in [5.41, 5.74) is 0. The number of aliphatic hydroxyl groups excluding tert-OH is 3. The number of nitrogens with one attached hydrogen (secondary N) is 1.